The van der Waals surface area contributed by atoms with Crippen molar-refractivity contribution in [1.29, 1.82) is 0 Å². The van der Waals surface area contributed by atoms with Crippen LogP contribution in [0.4, 0.5) is 4.79 Å². The van der Waals surface area contributed by atoms with Crippen molar-refractivity contribution in [2.75, 3.05) is 21.3 Å². The lowest BCUT2D eigenvalue weighted by Crippen LogP contribution is -2.44. The van der Waals surface area contributed by atoms with Crippen molar-refractivity contribution in [2.24, 2.45) is 10.9 Å². The summed E-state index contributed by atoms with van der Waals surface area (Å²) in [4.78, 5) is 29.5. The Morgan fingerprint density at radius 2 is 1.50 bits per heavy atom. The predicted octanol–water partition coefficient (Wildman–Crippen LogP) is 4.88. The molecule has 1 N–H and O–H groups in total. The number of nitrogens with one attached hydrogen (secondary N) is 1. The third-order valence-electron chi connectivity index (χ3n) is 6.21. The number of benzene rings is 3. The van der Waals surface area contributed by atoms with Crippen LogP contribution in [0.1, 0.15) is 29.7 Å². The summed E-state index contributed by atoms with van der Waals surface area (Å²) in [5, 5.41) is 2.79. The van der Waals surface area contributed by atoms with Gasteiger partial charge in [-0.1, -0.05) is 42.5 Å². The van der Waals surface area contributed by atoms with Gasteiger partial charge in [0.25, 0.3) is 0 Å². The fourth-order valence-electron chi connectivity index (χ4n) is 4.25. The number of urea groups is 1. The topological polar surface area (TPSA) is 105 Å². The van der Waals surface area contributed by atoms with Crippen LogP contribution in [0, 0.1) is 5.92 Å². The second-order valence-electron chi connectivity index (χ2n) is 8.64. The van der Waals surface area contributed by atoms with Gasteiger partial charge in [0.05, 0.1) is 27.4 Å². The van der Waals surface area contributed by atoms with E-state index in [4.69, 9.17) is 23.7 Å². The molecule has 1 aliphatic heterocycles. The summed E-state index contributed by atoms with van der Waals surface area (Å²) in [5.41, 5.74) is 2.76. The molecule has 1 heterocycles. The van der Waals surface area contributed by atoms with Crippen LogP contribution >= 0.6 is 0 Å². The average Bonchev–Trinajstić information content (AvgIpc) is 2.94. The Morgan fingerprint density at radius 3 is 2.21 bits per heavy atom. The highest BCUT2D eigenvalue weighted by Gasteiger charge is 2.38. The molecule has 198 valence electrons. The molecule has 3 aromatic rings. The van der Waals surface area contributed by atoms with Crippen molar-refractivity contribution in [3.05, 3.63) is 83.4 Å². The first-order chi connectivity index (χ1) is 18.4. The SMILES string of the molecule is COc1ccc(COC(=O)C2C(C)=NC(=O)NC2c2ccc(OCc3ccccc3)c(OC)c2)cc1OC. The highest BCUT2D eigenvalue weighted by Crippen LogP contribution is 2.35. The summed E-state index contributed by atoms with van der Waals surface area (Å²) in [5.74, 6) is 0.780. The second kappa shape index (κ2) is 12.1. The van der Waals surface area contributed by atoms with E-state index in [-0.39, 0.29) is 6.61 Å². The minimum Gasteiger partial charge on any atom is -0.493 e. The van der Waals surface area contributed by atoms with Gasteiger partial charge in [-0.15, -0.1) is 0 Å². The van der Waals surface area contributed by atoms with Gasteiger partial charge in [0, 0.05) is 5.71 Å². The first kappa shape index (κ1) is 26.5. The van der Waals surface area contributed by atoms with Crippen molar-refractivity contribution in [3.63, 3.8) is 0 Å². The predicted molar refractivity (Wildman–Crippen MR) is 141 cm³/mol. The number of rotatable bonds is 10. The Bertz CT molecular complexity index is 1320. The van der Waals surface area contributed by atoms with Gasteiger partial charge >= 0.3 is 12.0 Å². The van der Waals surface area contributed by atoms with E-state index >= 15 is 0 Å². The number of aliphatic imine (C=N–C) groups is 1. The van der Waals surface area contributed by atoms with Crippen LogP contribution in [0.5, 0.6) is 23.0 Å². The van der Waals surface area contributed by atoms with Crippen LogP contribution in [-0.2, 0) is 22.7 Å². The van der Waals surface area contributed by atoms with Crippen molar-refractivity contribution in [1.82, 2.24) is 5.32 Å². The van der Waals surface area contributed by atoms with E-state index < -0.39 is 24.0 Å². The zero-order valence-electron chi connectivity index (χ0n) is 21.7. The van der Waals surface area contributed by atoms with Crippen LogP contribution in [0.25, 0.3) is 0 Å². The highest BCUT2D eigenvalue weighted by molar-refractivity contribution is 6.08. The van der Waals surface area contributed by atoms with Crippen LogP contribution in [0.3, 0.4) is 0 Å². The third-order valence-corrected chi connectivity index (χ3v) is 6.21. The number of nitrogens with zero attached hydrogens (tertiary/aromatic N) is 1. The van der Waals surface area contributed by atoms with Crippen molar-refractivity contribution in [2.45, 2.75) is 26.2 Å². The van der Waals surface area contributed by atoms with E-state index in [0.717, 1.165) is 11.1 Å². The lowest BCUT2D eigenvalue weighted by molar-refractivity contribution is -0.148. The summed E-state index contributed by atoms with van der Waals surface area (Å²) in [6, 6.07) is 19.1. The summed E-state index contributed by atoms with van der Waals surface area (Å²) in [6.07, 6.45) is 0. The normalized spacial score (nSPS) is 16.6. The zero-order chi connectivity index (χ0) is 27.1. The van der Waals surface area contributed by atoms with Crippen LogP contribution in [-0.4, -0.2) is 39.0 Å². The van der Waals surface area contributed by atoms with Gasteiger partial charge in [-0.05, 0) is 47.9 Å². The molecule has 0 fully saturated rings. The Morgan fingerprint density at radius 1 is 0.816 bits per heavy atom. The molecule has 0 aliphatic carbocycles. The Labute approximate surface area is 221 Å². The van der Waals surface area contributed by atoms with Crippen LogP contribution in [0.2, 0.25) is 0 Å². The molecule has 0 spiro atoms. The van der Waals surface area contributed by atoms with Crippen molar-refractivity contribution < 1.29 is 33.3 Å². The van der Waals surface area contributed by atoms with E-state index in [1.807, 2.05) is 30.3 Å². The number of amides is 2. The zero-order valence-corrected chi connectivity index (χ0v) is 21.7. The van der Waals surface area contributed by atoms with Gasteiger partial charge in [0.1, 0.15) is 19.1 Å². The number of carbonyl (C=O) groups excluding carboxylic acids is 2. The molecule has 0 bridgehead atoms. The summed E-state index contributed by atoms with van der Waals surface area (Å²) in [6.45, 7) is 2.02. The number of hydrogen-bond acceptors (Lipinski definition) is 7. The molecular weight excluding hydrogens is 488 g/mol. The number of carbonyl (C=O) groups is 2. The number of esters is 1. The quantitative estimate of drug-likeness (QED) is 0.382. The fraction of sp³-hybridized carbons (Fsp3) is 0.276. The molecule has 0 radical (unpaired) electrons. The van der Waals surface area contributed by atoms with Crippen LogP contribution in [0.15, 0.2) is 71.7 Å². The lowest BCUT2D eigenvalue weighted by atomic mass is 9.88. The maximum absolute atomic E-state index is 13.3. The molecule has 0 aromatic heterocycles. The van der Waals surface area contributed by atoms with Crippen molar-refractivity contribution >= 4 is 17.7 Å². The molecule has 2 amide bonds. The molecule has 9 nitrogen and oxygen atoms in total. The largest absolute Gasteiger partial charge is 0.493 e. The summed E-state index contributed by atoms with van der Waals surface area (Å²) in [7, 11) is 4.62. The summed E-state index contributed by atoms with van der Waals surface area (Å²) >= 11 is 0. The number of hydrogen-bond donors (Lipinski definition) is 1. The van der Waals surface area contributed by atoms with Crippen molar-refractivity contribution in [3.8, 4) is 23.0 Å². The molecule has 0 saturated carbocycles. The summed E-state index contributed by atoms with van der Waals surface area (Å²) < 4.78 is 27.7. The van der Waals surface area contributed by atoms with Gasteiger partial charge in [-0.2, -0.15) is 0 Å². The van der Waals surface area contributed by atoms with Crippen LogP contribution < -0.4 is 24.3 Å². The number of ether oxygens (including phenoxy) is 5. The molecular formula is C29H30N2O7. The molecule has 1 aliphatic rings. The van der Waals surface area contributed by atoms with E-state index in [1.54, 1.807) is 50.4 Å². The smallest absolute Gasteiger partial charge is 0.341 e. The Kier molecular flexibility index (Phi) is 8.47. The van der Waals surface area contributed by atoms with E-state index in [0.29, 0.717) is 40.9 Å². The molecule has 0 saturated heterocycles. The average molecular weight is 519 g/mol. The highest BCUT2D eigenvalue weighted by atomic mass is 16.5. The maximum atomic E-state index is 13.3. The minimum absolute atomic E-state index is 0.0131. The molecule has 2 atom stereocenters. The molecule has 4 rings (SSSR count). The van der Waals surface area contributed by atoms with E-state index in [1.165, 1.54) is 14.2 Å². The number of methoxy groups -OCH3 is 3. The van der Waals surface area contributed by atoms with Gasteiger partial charge in [-0.3, -0.25) is 4.79 Å². The lowest BCUT2D eigenvalue weighted by Gasteiger charge is -2.30. The second-order valence-corrected chi connectivity index (χ2v) is 8.64. The molecule has 38 heavy (non-hydrogen) atoms. The van der Waals surface area contributed by atoms with E-state index in [9.17, 15) is 9.59 Å². The van der Waals surface area contributed by atoms with Gasteiger partial charge in [0.2, 0.25) is 0 Å². The van der Waals surface area contributed by atoms with Gasteiger partial charge < -0.3 is 29.0 Å². The maximum Gasteiger partial charge on any atom is 0.341 e. The minimum atomic E-state index is -0.825. The van der Waals surface area contributed by atoms with E-state index in [2.05, 4.69) is 10.3 Å². The molecule has 3 aromatic carbocycles. The monoisotopic (exact) mass is 518 g/mol. The first-order valence-corrected chi connectivity index (χ1v) is 12.0. The third kappa shape index (κ3) is 6.05. The standard InChI is InChI=1S/C29H30N2O7/c1-18-26(28(32)38-17-20-10-12-22(34-2)24(14-20)35-3)27(31-29(33)30-18)21-11-13-23(25(15-21)36-4)37-16-19-8-6-5-7-9-19/h5-15,26-27H,16-17H2,1-4H3,(H,31,33). The first-order valence-electron chi connectivity index (χ1n) is 12.0. The van der Waals surface area contributed by atoms with Gasteiger partial charge in [-0.25, -0.2) is 9.79 Å². The fourth-order valence-corrected chi connectivity index (χ4v) is 4.25. The van der Waals surface area contributed by atoms with Gasteiger partial charge in [0.15, 0.2) is 23.0 Å². The Hall–Kier alpha value is -4.53. The Balaban J connectivity index is 1.52. The molecule has 2 unspecified atom stereocenters. The molecule has 9 heteroatoms.